The van der Waals surface area contributed by atoms with Gasteiger partial charge < -0.3 is 10.0 Å². The molecule has 1 aliphatic heterocycles. The Morgan fingerprint density at radius 3 is 2.77 bits per heavy atom. The number of amides is 1. The Kier molecular flexibility index (Phi) is 4.66. The summed E-state index contributed by atoms with van der Waals surface area (Å²) in [5.74, 6) is 1.77. The summed E-state index contributed by atoms with van der Waals surface area (Å²) in [5, 5.41) is 11.4. The number of halogens is 1. The molecule has 3 saturated carbocycles. The van der Waals surface area contributed by atoms with Gasteiger partial charge in [0.05, 0.1) is 6.10 Å². The minimum Gasteiger partial charge on any atom is -0.392 e. The number of carbonyl (C=O) groups is 1. The number of hydrogen-bond acceptors (Lipinski definition) is 2. The molecule has 0 spiro atoms. The van der Waals surface area contributed by atoms with Gasteiger partial charge in [-0.2, -0.15) is 0 Å². The van der Waals surface area contributed by atoms with Gasteiger partial charge in [-0.1, -0.05) is 32.1 Å². The number of likely N-dealkylation sites (N-methyl/N-ethyl adjacent to an activating group) is 1. The maximum Gasteiger partial charge on any atom is 0.246 e. The Balaban J connectivity index is 1.42. The van der Waals surface area contributed by atoms with E-state index in [1.54, 1.807) is 18.2 Å². The Morgan fingerprint density at radius 1 is 1.20 bits per heavy atom. The average Bonchev–Trinajstić information content (AvgIpc) is 2.96. The summed E-state index contributed by atoms with van der Waals surface area (Å²) in [6.45, 7) is 4.65. The zero-order chi connectivity index (χ0) is 21.3. The Morgan fingerprint density at radius 2 is 2.00 bits per heavy atom. The minimum atomic E-state index is -0.330. The summed E-state index contributed by atoms with van der Waals surface area (Å²) >= 11 is 0. The van der Waals surface area contributed by atoms with Crippen LogP contribution in [0.2, 0.25) is 0 Å². The number of carbonyl (C=O) groups excluding carboxylic acids is 1. The molecule has 0 saturated heterocycles. The molecule has 0 radical (unpaired) electrons. The van der Waals surface area contributed by atoms with E-state index in [-0.39, 0.29) is 40.6 Å². The summed E-state index contributed by atoms with van der Waals surface area (Å²) in [6, 6.07) is 7.14. The Bertz CT molecular complexity index is 884. The second-order valence-corrected chi connectivity index (χ2v) is 10.9. The maximum absolute atomic E-state index is 13.7. The van der Waals surface area contributed by atoms with E-state index in [9.17, 15) is 14.3 Å². The highest BCUT2D eigenvalue weighted by atomic mass is 19.1. The lowest BCUT2D eigenvalue weighted by atomic mass is 9.48. The van der Waals surface area contributed by atoms with Crippen LogP contribution in [0.3, 0.4) is 0 Å². The summed E-state index contributed by atoms with van der Waals surface area (Å²) in [7, 11) is 1.95. The molecule has 0 bridgehead atoms. The first kappa shape index (κ1) is 20.2. The number of nitrogens with zero attached hydrogens (tertiary/aromatic N) is 1. The van der Waals surface area contributed by atoms with Gasteiger partial charge in [0.1, 0.15) is 5.82 Å². The van der Waals surface area contributed by atoms with E-state index < -0.39 is 0 Å². The molecule has 3 nitrogen and oxygen atoms in total. The minimum absolute atomic E-state index is 0.0263. The molecule has 4 aliphatic rings. The molecule has 1 aromatic carbocycles. The van der Waals surface area contributed by atoms with Gasteiger partial charge in [0.2, 0.25) is 5.91 Å². The van der Waals surface area contributed by atoms with Gasteiger partial charge in [-0.15, -0.1) is 0 Å². The molecule has 3 aliphatic carbocycles. The average molecular weight is 412 g/mol. The van der Waals surface area contributed by atoms with Crippen LogP contribution in [-0.2, 0) is 11.2 Å². The molecule has 0 aromatic heterocycles. The Hall–Kier alpha value is -1.68. The summed E-state index contributed by atoms with van der Waals surface area (Å²) in [5.41, 5.74) is 0.963. The van der Waals surface area contributed by atoms with Crippen molar-refractivity contribution in [2.75, 3.05) is 7.05 Å². The normalized spacial score (nSPS) is 45.1. The first-order chi connectivity index (χ1) is 14.2. The number of aliphatic hydroxyl groups is 1. The molecule has 8 atom stereocenters. The molecule has 1 amide bonds. The molecule has 1 heterocycles. The summed E-state index contributed by atoms with van der Waals surface area (Å²) in [6.07, 6.45) is 9.75. The standard InChI is InChI=1S/C26H34FNO2/c1-25-12-10-23(29)28(3)22(25)8-7-19-20(25)9-11-26(2)21(19)15-17(24(26)30)13-16-5-4-6-18(27)14-16/h4-6,10,12,14,17,19-22,24,30H,7-9,11,13,15H2,1-3H3/t17?,19-,20-,21+,22?,24?,25-,26+/m1/s1. The van der Waals surface area contributed by atoms with Crippen molar-refractivity contribution in [2.45, 2.75) is 64.5 Å². The number of fused-ring (bicyclic) bond motifs is 5. The van der Waals surface area contributed by atoms with Crippen LogP contribution in [0.4, 0.5) is 4.39 Å². The molecule has 4 heteroatoms. The highest BCUT2D eigenvalue weighted by Gasteiger charge is 2.62. The highest BCUT2D eigenvalue weighted by Crippen LogP contribution is 2.65. The van der Waals surface area contributed by atoms with E-state index >= 15 is 0 Å². The van der Waals surface area contributed by atoms with E-state index in [2.05, 4.69) is 19.9 Å². The molecule has 162 valence electrons. The van der Waals surface area contributed by atoms with E-state index in [0.717, 1.165) is 44.1 Å². The van der Waals surface area contributed by atoms with Crippen LogP contribution in [-0.4, -0.2) is 35.1 Å². The zero-order valence-electron chi connectivity index (χ0n) is 18.4. The maximum atomic E-state index is 13.7. The topological polar surface area (TPSA) is 40.5 Å². The fourth-order valence-electron chi connectivity index (χ4n) is 8.05. The van der Waals surface area contributed by atoms with Crippen molar-refractivity contribution in [3.8, 4) is 0 Å². The molecular formula is C26H34FNO2. The Labute approximate surface area is 179 Å². The molecule has 30 heavy (non-hydrogen) atoms. The third kappa shape index (κ3) is 2.82. The lowest BCUT2D eigenvalue weighted by molar-refractivity contribution is -0.140. The lowest BCUT2D eigenvalue weighted by Crippen LogP contribution is -2.59. The number of benzene rings is 1. The van der Waals surface area contributed by atoms with Crippen molar-refractivity contribution in [3.63, 3.8) is 0 Å². The van der Waals surface area contributed by atoms with Crippen LogP contribution >= 0.6 is 0 Å². The van der Waals surface area contributed by atoms with Gasteiger partial charge in [-0.25, -0.2) is 4.39 Å². The van der Waals surface area contributed by atoms with Gasteiger partial charge in [0.25, 0.3) is 0 Å². The fourth-order valence-corrected chi connectivity index (χ4v) is 8.05. The number of rotatable bonds is 2. The number of aliphatic hydroxyl groups excluding tert-OH is 1. The quantitative estimate of drug-likeness (QED) is 0.773. The SMILES string of the molecule is CN1C(=O)C=C[C@@]2(C)C1CC[C@@H]1[C@H]2CC[C@]2(C)C(O)C(Cc3cccc(F)c3)C[C@@H]12. The summed E-state index contributed by atoms with van der Waals surface area (Å²) in [4.78, 5) is 14.2. The van der Waals surface area contributed by atoms with Crippen LogP contribution in [0.5, 0.6) is 0 Å². The first-order valence-electron chi connectivity index (χ1n) is 11.6. The predicted octanol–water partition coefficient (Wildman–Crippen LogP) is 4.59. The first-order valence-corrected chi connectivity index (χ1v) is 11.6. The third-order valence-corrected chi connectivity index (χ3v) is 9.63. The van der Waals surface area contributed by atoms with E-state index in [1.165, 1.54) is 6.07 Å². The van der Waals surface area contributed by atoms with Crippen molar-refractivity contribution < 1.29 is 14.3 Å². The number of hydrogen-bond donors (Lipinski definition) is 1. The molecule has 1 aromatic rings. The van der Waals surface area contributed by atoms with E-state index in [4.69, 9.17) is 0 Å². The van der Waals surface area contributed by atoms with Gasteiger partial charge in [-0.3, -0.25) is 4.79 Å². The van der Waals surface area contributed by atoms with Crippen molar-refractivity contribution >= 4 is 5.91 Å². The van der Waals surface area contributed by atoms with Crippen LogP contribution < -0.4 is 0 Å². The third-order valence-electron chi connectivity index (χ3n) is 9.63. The fraction of sp³-hybridized carbons (Fsp3) is 0.654. The van der Waals surface area contributed by atoms with Crippen LogP contribution in [0.1, 0.15) is 51.5 Å². The predicted molar refractivity (Wildman–Crippen MR) is 115 cm³/mol. The van der Waals surface area contributed by atoms with Gasteiger partial charge in [-0.05, 0) is 91.4 Å². The van der Waals surface area contributed by atoms with Gasteiger partial charge in [0.15, 0.2) is 0 Å². The lowest BCUT2D eigenvalue weighted by Gasteiger charge is -2.60. The largest absolute Gasteiger partial charge is 0.392 e. The van der Waals surface area contributed by atoms with Gasteiger partial charge in [0, 0.05) is 18.5 Å². The zero-order valence-corrected chi connectivity index (χ0v) is 18.4. The van der Waals surface area contributed by atoms with Gasteiger partial charge >= 0.3 is 0 Å². The van der Waals surface area contributed by atoms with Crippen molar-refractivity contribution in [1.29, 1.82) is 0 Å². The van der Waals surface area contributed by atoms with Crippen molar-refractivity contribution in [2.24, 2.45) is 34.5 Å². The summed E-state index contributed by atoms with van der Waals surface area (Å²) < 4.78 is 13.7. The molecular weight excluding hydrogens is 377 g/mol. The molecule has 3 unspecified atom stereocenters. The second kappa shape index (κ2) is 6.91. The highest BCUT2D eigenvalue weighted by molar-refractivity contribution is 5.89. The van der Waals surface area contributed by atoms with Crippen molar-refractivity contribution in [1.82, 2.24) is 4.90 Å². The van der Waals surface area contributed by atoms with Crippen molar-refractivity contribution in [3.05, 3.63) is 47.8 Å². The molecule has 1 N–H and O–H groups in total. The van der Waals surface area contributed by atoms with E-state index in [0.29, 0.717) is 17.8 Å². The van der Waals surface area contributed by atoms with E-state index in [1.807, 2.05) is 18.0 Å². The van der Waals surface area contributed by atoms with Crippen LogP contribution in [0, 0.1) is 40.3 Å². The van der Waals surface area contributed by atoms with Crippen LogP contribution in [0.25, 0.3) is 0 Å². The molecule has 3 fully saturated rings. The smallest absolute Gasteiger partial charge is 0.246 e. The monoisotopic (exact) mass is 411 g/mol. The molecule has 5 rings (SSSR count). The second-order valence-electron chi connectivity index (χ2n) is 10.9. The van der Waals surface area contributed by atoms with Crippen LogP contribution in [0.15, 0.2) is 36.4 Å².